The van der Waals surface area contributed by atoms with Gasteiger partial charge >= 0.3 is 18.0 Å². The monoisotopic (exact) mass is 727 g/mol. The highest BCUT2D eigenvalue weighted by Crippen LogP contribution is 2.37. The Kier molecular flexibility index (Phi) is 13.9. The first-order chi connectivity index (χ1) is 25.1. The van der Waals surface area contributed by atoms with Crippen molar-refractivity contribution in [1.82, 2.24) is 4.90 Å². The van der Waals surface area contributed by atoms with Crippen LogP contribution >= 0.6 is 0 Å². The zero-order valence-electron chi connectivity index (χ0n) is 29.5. The molecule has 5 rings (SSSR count). The quantitative estimate of drug-likeness (QED) is 0.141. The van der Waals surface area contributed by atoms with E-state index in [1.807, 2.05) is 60.7 Å². The van der Waals surface area contributed by atoms with Gasteiger partial charge in [-0.15, -0.1) is 6.58 Å². The molecule has 3 aliphatic heterocycles. The SMILES string of the molecule is C=CCO[C@@H]1[C@@H](OC)O[C@H](CO[C@@H]2O[C@H](COC(C)=O)[C@@H](OC(C)=O)[C@@H]3OC(=O)N(C(C)=O)[C@@H]23)[C@@H](OCc2ccccc2)[C@@H]1OCc1ccccc1. The van der Waals surface area contributed by atoms with E-state index in [-0.39, 0.29) is 33.0 Å². The molecule has 0 N–H and O–H groups in total. The van der Waals surface area contributed by atoms with E-state index >= 15 is 0 Å². The van der Waals surface area contributed by atoms with Gasteiger partial charge in [-0.1, -0.05) is 66.7 Å². The molecule has 0 radical (unpaired) electrons. The van der Waals surface area contributed by atoms with Crippen molar-refractivity contribution in [3.63, 3.8) is 0 Å². The number of rotatable bonds is 16. The minimum Gasteiger partial charge on any atom is -0.463 e. The number of esters is 2. The number of hydrogen-bond acceptors (Lipinski definition) is 14. The summed E-state index contributed by atoms with van der Waals surface area (Å²) in [5.41, 5.74) is 1.81. The lowest BCUT2D eigenvalue weighted by Gasteiger charge is -2.46. The normalized spacial score (nSPS) is 29.8. The summed E-state index contributed by atoms with van der Waals surface area (Å²) in [5.74, 6) is -1.97. The second kappa shape index (κ2) is 18.5. The fraction of sp³-hybridized carbons (Fsp3) is 0.514. The number of methoxy groups -OCH3 is 1. The Labute approximate surface area is 301 Å². The van der Waals surface area contributed by atoms with Crippen molar-refractivity contribution in [2.75, 3.05) is 26.9 Å². The van der Waals surface area contributed by atoms with E-state index in [0.717, 1.165) is 16.0 Å². The summed E-state index contributed by atoms with van der Waals surface area (Å²) >= 11 is 0. The summed E-state index contributed by atoms with van der Waals surface area (Å²) < 4.78 is 60.2. The molecule has 3 aliphatic rings. The Morgan fingerprint density at radius 3 is 1.90 bits per heavy atom. The van der Waals surface area contributed by atoms with Gasteiger partial charge in [-0.05, 0) is 11.1 Å². The Morgan fingerprint density at radius 1 is 0.750 bits per heavy atom. The molecular formula is C37H45NO14. The van der Waals surface area contributed by atoms with Gasteiger partial charge in [0, 0.05) is 27.9 Å². The van der Waals surface area contributed by atoms with Crippen LogP contribution in [-0.4, -0.2) is 117 Å². The first-order valence-corrected chi connectivity index (χ1v) is 16.9. The molecule has 0 aliphatic carbocycles. The highest BCUT2D eigenvalue weighted by Gasteiger charge is 2.60. The molecule has 0 saturated carbocycles. The maximum Gasteiger partial charge on any atom is 0.417 e. The van der Waals surface area contributed by atoms with Crippen LogP contribution in [0.15, 0.2) is 73.3 Å². The summed E-state index contributed by atoms with van der Waals surface area (Å²) in [7, 11) is 1.47. The molecule has 10 atom stereocenters. The van der Waals surface area contributed by atoms with Crippen molar-refractivity contribution in [1.29, 1.82) is 0 Å². The van der Waals surface area contributed by atoms with E-state index in [0.29, 0.717) is 0 Å². The number of fused-ring (bicyclic) bond motifs is 1. The van der Waals surface area contributed by atoms with Crippen molar-refractivity contribution in [3.8, 4) is 0 Å². The van der Waals surface area contributed by atoms with E-state index in [2.05, 4.69) is 6.58 Å². The van der Waals surface area contributed by atoms with Crippen molar-refractivity contribution >= 4 is 23.9 Å². The van der Waals surface area contributed by atoms with Crippen LogP contribution in [0.4, 0.5) is 4.79 Å². The van der Waals surface area contributed by atoms with Gasteiger partial charge in [-0.25, -0.2) is 9.69 Å². The molecule has 15 heteroatoms. The maximum absolute atomic E-state index is 13.0. The largest absolute Gasteiger partial charge is 0.463 e. The van der Waals surface area contributed by atoms with Crippen LogP contribution in [0, 0.1) is 0 Å². The van der Waals surface area contributed by atoms with E-state index < -0.39 is 85.3 Å². The molecule has 3 heterocycles. The third kappa shape index (κ3) is 9.60. The van der Waals surface area contributed by atoms with Gasteiger partial charge in [-0.3, -0.25) is 14.4 Å². The molecule has 52 heavy (non-hydrogen) atoms. The van der Waals surface area contributed by atoms with Gasteiger partial charge in [0.1, 0.15) is 43.2 Å². The van der Waals surface area contributed by atoms with Crippen LogP contribution in [0.5, 0.6) is 0 Å². The predicted molar refractivity (Wildman–Crippen MR) is 179 cm³/mol. The molecule has 2 aromatic rings. The number of imide groups is 1. The van der Waals surface area contributed by atoms with Gasteiger partial charge in [-0.2, -0.15) is 0 Å². The van der Waals surface area contributed by atoms with Crippen molar-refractivity contribution in [3.05, 3.63) is 84.4 Å². The molecule has 0 unspecified atom stereocenters. The highest BCUT2D eigenvalue weighted by molar-refractivity contribution is 5.92. The number of ether oxygens (including phenoxy) is 10. The van der Waals surface area contributed by atoms with Crippen LogP contribution in [-0.2, 0) is 75.0 Å². The molecule has 2 aromatic carbocycles. The van der Waals surface area contributed by atoms with Gasteiger partial charge in [0.25, 0.3) is 0 Å². The van der Waals surface area contributed by atoms with Gasteiger partial charge < -0.3 is 47.4 Å². The van der Waals surface area contributed by atoms with E-state index in [1.165, 1.54) is 27.9 Å². The van der Waals surface area contributed by atoms with E-state index in [4.69, 9.17) is 47.4 Å². The number of carbonyl (C=O) groups excluding carboxylic acids is 4. The average molecular weight is 728 g/mol. The molecule has 3 saturated heterocycles. The summed E-state index contributed by atoms with van der Waals surface area (Å²) in [4.78, 5) is 50.4. The maximum atomic E-state index is 13.0. The van der Waals surface area contributed by atoms with Crippen molar-refractivity contribution < 1.29 is 66.5 Å². The molecule has 2 amide bonds. The smallest absolute Gasteiger partial charge is 0.417 e. The van der Waals surface area contributed by atoms with Crippen LogP contribution < -0.4 is 0 Å². The lowest BCUT2D eigenvalue weighted by Crippen LogP contribution is -2.64. The fourth-order valence-electron chi connectivity index (χ4n) is 6.41. The van der Waals surface area contributed by atoms with Crippen LogP contribution in [0.3, 0.4) is 0 Å². The third-order valence-electron chi connectivity index (χ3n) is 8.66. The second-order valence-corrected chi connectivity index (χ2v) is 12.4. The third-order valence-corrected chi connectivity index (χ3v) is 8.66. The minimum absolute atomic E-state index is 0.173. The summed E-state index contributed by atoms with van der Waals surface area (Å²) in [6.07, 6.45) is -8.43. The molecule has 0 bridgehead atoms. The number of carbonyl (C=O) groups is 4. The molecule has 282 valence electrons. The number of amides is 2. The number of benzene rings is 2. The summed E-state index contributed by atoms with van der Waals surface area (Å²) in [6.45, 7) is 7.32. The van der Waals surface area contributed by atoms with Crippen LogP contribution in [0.25, 0.3) is 0 Å². The first-order valence-electron chi connectivity index (χ1n) is 16.9. The van der Waals surface area contributed by atoms with Crippen LogP contribution in [0.2, 0.25) is 0 Å². The second-order valence-electron chi connectivity index (χ2n) is 12.4. The van der Waals surface area contributed by atoms with E-state index in [9.17, 15) is 19.2 Å². The topological polar surface area (TPSA) is 164 Å². The zero-order valence-corrected chi connectivity index (χ0v) is 29.5. The molecular weight excluding hydrogens is 682 g/mol. The molecule has 0 spiro atoms. The lowest BCUT2D eigenvalue weighted by molar-refractivity contribution is -0.332. The molecule has 3 fully saturated rings. The molecule has 0 aromatic heterocycles. The highest BCUT2D eigenvalue weighted by atomic mass is 16.7. The summed E-state index contributed by atoms with van der Waals surface area (Å²) in [6, 6.07) is 18.0. The Morgan fingerprint density at radius 2 is 1.35 bits per heavy atom. The Hall–Kier alpha value is -4.22. The Balaban J connectivity index is 1.46. The fourth-order valence-corrected chi connectivity index (χ4v) is 6.41. The predicted octanol–water partition coefficient (Wildman–Crippen LogP) is 3.07. The summed E-state index contributed by atoms with van der Waals surface area (Å²) in [5, 5.41) is 0. The number of nitrogens with zero attached hydrogens (tertiary/aromatic N) is 1. The van der Waals surface area contributed by atoms with Gasteiger partial charge in [0.05, 0.1) is 26.4 Å². The van der Waals surface area contributed by atoms with Crippen molar-refractivity contribution in [2.45, 2.75) is 95.3 Å². The number of hydrogen-bond donors (Lipinski definition) is 0. The van der Waals surface area contributed by atoms with Gasteiger partial charge in [0.15, 0.2) is 24.8 Å². The lowest BCUT2D eigenvalue weighted by atomic mass is 9.96. The Bertz CT molecular complexity index is 1510. The average Bonchev–Trinajstić information content (AvgIpc) is 3.49. The van der Waals surface area contributed by atoms with Crippen LogP contribution in [0.1, 0.15) is 31.9 Å². The van der Waals surface area contributed by atoms with E-state index in [1.54, 1.807) is 6.08 Å². The minimum atomic E-state index is -1.34. The first kappa shape index (κ1) is 39.0. The van der Waals surface area contributed by atoms with Crippen molar-refractivity contribution in [2.24, 2.45) is 0 Å². The molecule has 15 nitrogen and oxygen atoms in total. The standard InChI is InChI=1S/C37H45NO14/c1-6-17-44-34-33(47-19-26-15-11-8-12-16-26)30(46-18-25-13-9-7-10-14-25)27(51-36(34)43-5)21-48-35-29-32(52-37(42)38(29)22(2)39)31(49-24(4)41)28(50-35)20-45-23(3)40/h6-16,27-36H,1,17-21H2,2-5H3/t27-,28-,29-,30-,31-,32-,33+,34+,35-,36+/m1/s1. The zero-order chi connectivity index (χ0) is 37.2. The van der Waals surface area contributed by atoms with Gasteiger partial charge in [0.2, 0.25) is 5.91 Å².